The van der Waals surface area contributed by atoms with Gasteiger partial charge in [-0.3, -0.25) is 0 Å². The molecule has 17 heavy (non-hydrogen) atoms. The number of nitrogens with zero attached hydrogens (tertiary/aromatic N) is 1. The molecule has 0 heterocycles. The van der Waals surface area contributed by atoms with E-state index in [1.54, 1.807) is 0 Å². The second-order valence-electron chi connectivity index (χ2n) is 6.61. The van der Waals surface area contributed by atoms with Gasteiger partial charge in [0.2, 0.25) is 0 Å². The Labute approximate surface area is 106 Å². The van der Waals surface area contributed by atoms with Crippen LogP contribution in [0.3, 0.4) is 0 Å². The maximum absolute atomic E-state index is 9.70. The highest BCUT2D eigenvalue weighted by Crippen LogP contribution is 2.39. The molecule has 100 valence electrons. The Morgan fingerprint density at radius 3 is 2.35 bits per heavy atom. The second-order valence-corrected chi connectivity index (χ2v) is 6.61. The molecule has 0 saturated heterocycles. The molecular formula is C15H29NO. The van der Waals surface area contributed by atoms with E-state index in [9.17, 15) is 5.11 Å². The lowest BCUT2D eigenvalue weighted by molar-refractivity contribution is 0.0472. The molecule has 2 unspecified atom stereocenters. The van der Waals surface area contributed by atoms with E-state index < -0.39 is 0 Å². The van der Waals surface area contributed by atoms with Crippen LogP contribution >= 0.6 is 0 Å². The predicted molar refractivity (Wildman–Crippen MR) is 72.0 cm³/mol. The Hall–Kier alpha value is -0.0800. The second kappa shape index (κ2) is 5.71. The minimum absolute atomic E-state index is 0.228. The van der Waals surface area contributed by atoms with E-state index in [-0.39, 0.29) is 5.41 Å². The minimum Gasteiger partial charge on any atom is -0.396 e. The molecule has 0 spiro atoms. The maximum Gasteiger partial charge on any atom is 0.0499 e. The van der Waals surface area contributed by atoms with Gasteiger partial charge in [-0.05, 0) is 38.6 Å². The average Bonchev–Trinajstić information content (AvgIpc) is 2.79. The van der Waals surface area contributed by atoms with E-state index in [1.807, 2.05) is 0 Å². The number of hydrogen-bond acceptors (Lipinski definition) is 2. The van der Waals surface area contributed by atoms with Crippen LogP contribution in [-0.4, -0.2) is 36.2 Å². The molecule has 0 radical (unpaired) electrons. The number of aliphatic hydroxyl groups is 1. The summed E-state index contributed by atoms with van der Waals surface area (Å²) >= 11 is 0. The fourth-order valence-corrected chi connectivity index (χ4v) is 4.09. The molecule has 2 heteroatoms. The molecule has 0 aromatic rings. The van der Waals surface area contributed by atoms with Crippen LogP contribution in [0, 0.1) is 11.3 Å². The molecule has 0 aliphatic heterocycles. The van der Waals surface area contributed by atoms with Crippen molar-refractivity contribution in [3.05, 3.63) is 0 Å². The maximum atomic E-state index is 9.70. The lowest BCUT2D eigenvalue weighted by Crippen LogP contribution is -2.45. The van der Waals surface area contributed by atoms with Gasteiger partial charge in [-0.25, -0.2) is 0 Å². The third-order valence-electron chi connectivity index (χ3n) is 5.22. The molecule has 2 atom stereocenters. The number of rotatable bonds is 4. The van der Waals surface area contributed by atoms with Crippen molar-refractivity contribution in [2.75, 3.05) is 20.2 Å². The summed E-state index contributed by atoms with van der Waals surface area (Å²) < 4.78 is 0. The molecule has 0 aromatic heterocycles. The Bertz CT molecular complexity index is 235. The van der Waals surface area contributed by atoms with E-state index in [2.05, 4.69) is 18.9 Å². The van der Waals surface area contributed by atoms with E-state index in [0.29, 0.717) is 6.61 Å². The molecule has 2 rings (SSSR count). The van der Waals surface area contributed by atoms with Crippen molar-refractivity contribution in [1.82, 2.24) is 4.90 Å². The molecule has 2 saturated carbocycles. The van der Waals surface area contributed by atoms with Gasteiger partial charge in [-0.15, -0.1) is 0 Å². The molecule has 0 bridgehead atoms. The standard InChI is InChI=1S/C15H29NO/c1-13-7-3-4-8-14(13)16(2)11-15(12-17)9-5-6-10-15/h13-14,17H,3-12H2,1-2H3. The summed E-state index contributed by atoms with van der Waals surface area (Å²) in [5.74, 6) is 0.839. The lowest BCUT2D eigenvalue weighted by atomic mass is 9.82. The topological polar surface area (TPSA) is 23.5 Å². The van der Waals surface area contributed by atoms with Crippen LogP contribution in [0.1, 0.15) is 58.3 Å². The summed E-state index contributed by atoms with van der Waals surface area (Å²) in [7, 11) is 2.28. The van der Waals surface area contributed by atoms with Crippen molar-refractivity contribution in [2.24, 2.45) is 11.3 Å². The Morgan fingerprint density at radius 2 is 1.76 bits per heavy atom. The van der Waals surface area contributed by atoms with Crippen LogP contribution in [0.4, 0.5) is 0 Å². The fraction of sp³-hybridized carbons (Fsp3) is 1.00. The fourth-order valence-electron chi connectivity index (χ4n) is 4.09. The Kier molecular flexibility index (Phi) is 4.48. The van der Waals surface area contributed by atoms with Crippen molar-refractivity contribution in [3.63, 3.8) is 0 Å². The van der Waals surface area contributed by atoms with Gasteiger partial charge >= 0.3 is 0 Å². The molecule has 0 amide bonds. The highest BCUT2D eigenvalue weighted by Gasteiger charge is 2.36. The van der Waals surface area contributed by atoms with Crippen LogP contribution in [0.2, 0.25) is 0 Å². The zero-order valence-corrected chi connectivity index (χ0v) is 11.6. The third kappa shape index (κ3) is 3.03. The molecular weight excluding hydrogens is 210 g/mol. The summed E-state index contributed by atoms with van der Waals surface area (Å²) in [6.45, 7) is 3.90. The molecule has 1 N–H and O–H groups in total. The molecule has 0 aromatic carbocycles. The van der Waals surface area contributed by atoms with Crippen molar-refractivity contribution >= 4 is 0 Å². The zero-order chi connectivity index (χ0) is 12.3. The summed E-state index contributed by atoms with van der Waals surface area (Å²) in [5.41, 5.74) is 0.228. The minimum atomic E-state index is 0.228. The van der Waals surface area contributed by atoms with Crippen LogP contribution in [-0.2, 0) is 0 Å². The largest absolute Gasteiger partial charge is 0.396 e. The first-order chi connectivity index (χ1) is 8.17. The molecule has 2 fully saturated rings. The predicted octanol–water partition coefficient (Wildman–Crippen LogP) is 3.05. The average molecular weight is 239 g/mol. The van der Waals surface area contributed by atoms with Gasteiger partial charge in [-0.1, -0.05) is 32.6 Å². The zero-order valence-electron chi connectivity index (χ0n) is 11.6. The van der Waals surface area contributed by atoms with Crippen molar-refractivity contribution < 1.29 is 5.11 Å². The Morgan fingerprint density at radius 1 is 1.12 bits per heavy atom. The highest BCUT2D eigenvalue weighted by atomic mass is 16.3. The molecule has 2 nitrogen and oxygen atoms in total. The van der Waals surface area contributed by atoms with Gasteiger partial charge < -0.3 is 10.0 Å². The first-order valence-corrected chi connectivity index (χ1v) is 7.48. The lowest BCUT2D eigenvalue weighted by Gasteiger charge is -2.41. The number of aliphatic hydroxyl groups excluding tert-OH is 1. The van der Waals surface area contributed by atoms with Gasteiger partial charge in [0, 0.05) is 24.6 Å². The van der Waals surface area contributed by atoms with Gasteiger partial charge in [-0.2, -0.15) is 0 Å². The first-order valence-electron chi connectivity index (χ1n) is 7.48. The first kappa shape index (κ1) is 13.4. The van der Waals surface area contributed by atoms with E-state index in [1.165, 1.54) is 51.4 Å². The number of hydrogen-bond donors (Lipinski definition) is 1. The molecule has 2 aliphatic carbocycles. The monoisotopic (exact) mass is 239 g/mol. The van der Waals surface area contributed by atoms with Crippen molar-refractivity contribution in [2.45, 2.75) is 64.3 Å². The smallest absolute Gasteiger partial charge is 0.0499 e. The quantitative estimate of drug-likeness (QED) is 0.815. The van der Waals surface area contributed by atoms with E-state index in [0.717, 1.165) is 18.5 Å². The van der Waals surface area contributed by atoms with Gasteiger partial charge in [0.1, 0.15) is 0 Å². The van der Waals surface area contributed by atoms with Crippen LogP contribution < -0.4 is 0 Å². The van der Waals surface area contributed by atoms with Crippen LogP contribution in [0.25, 0.3) is 0 Å². The van der Waals surface area contributed by atoms with Crippen molar-refractivity contribution in [1.29, 1.82) is 0 Å². The SMILES string of the molecule is CC1CCCCC1N(C)CC1(CO)CCCC1. The third-order valence-corrected chi connectivity index (χ3v) is 5.22. The summed E-state index contributed by atoms with van der Waals surface area (Å²) in [4.78, 5) is 2.56. The molecule has 2 aliphatic rings. The van der Waals surface area contributed by atoms with Gasteiger partial charge in [0.15, 0.2) is 0 Å². The summed E-state index contributed by atoms with van der Waals surface area (Å²) in [5, 5.41) is 9.70. The van der Waals surface area contributed by atoms with Crippen LogP contribution in [0.5, 0.6) is 0 Å². The Balaban J connectivity index is 1.92. The van der Waals surface area contributed by atoms with Crippen LogP contribution in [0.15, 0.2) is 0 Å². The van der Waals surface area contributed by atoms with Gasteiger partial charge in [0.05, 0.1) is 0 Å². The van der Waals surface area contributed by atoms with E-state index in [4.69, 9.17) is 0 Å². The summed E-state index contributed by atoms with van der Waals surface area (Å²) in [6.07, 6.45) is 10.6. The van der Waals surface area contributed by atoms with Gasteiger partial charge in [0.25, 0.3) is 0 Å². The normalized spacial score (nSPS) is 33.2. The van der Waals surface area contributed by atoms with E-state index >= 15 is 0 Å². The van der Waals surface area contributed by atoms with Crippen molar-refractivity contribution in [3.8, 4) is 0 Å². The summed E-state index contributed by atoms with van der Waals surface area (Å²) in [6, 6.07) is 0.757. The highest BCUT2D eigenvalue weighted by molar-refractivity contribution is 4.89.